The fourth-order valence-corrected chi connectivity index (χ4v) is 1.56. The molecule has 8 heteroatoms. The number of benzene rings is 1. The van der Waals surface area contributed by atoms with Gasteiger partial charge in [-0.25, -0.2) is 15.8 Å². The van der Waals surface area contributed by atoms with E-state index in [1.807, 2.05) is 30.3 Å². The van der Waals surface area contributed by atoms with Crippen LogP contribution >= 0.6 is 0 Å². The second kappa shape index (κ2) is 6.34. The van der Waals surface area contributed by atoms with Crippen LogP contribution in [0.1, 0.15) is 5.56 Å². The van der Waals surface area contributed by atoms with Gasteiger partial charge in [0.1, 0.15) is 12.0 Å². The highest BCUT2D eigenvalue weighted by atomic mass is 16.2. The summed E-state index contributed by atoms with van der Waals surface area (Å²) in [5, 5.41) is 0. The Hall–Kier alpha value is -2.87. The maximum atomic E-state index is 11.8. The van der Waals surface area contributed by atoms with Crippen molar-refractivity contribution in [3.05, 3.63) is 42.2 Å². The number of hydrogen-bond donors (Lipinski definition) is 5. The monoisotopic (exact) mass is 273 g/mol. The van der Waals surface area contributed by atoms with Gasteiger partial charge in [-0.05, 0) is 5.56 Å². The molecule has 0 fully saturated rings. The summed E-state index contributed by atoms with van der Waals surface area (Å²) in [5.41, 5.74) is 14.4. The molecule has 0 unspecified atom stereocenters. The molecule has 0 saturated carbocycles. The Balaban J connectivity index is 1.94. The van der Waals surface area contributed by atoms with Gasteiger partial charge in [0, 0.05) is 0 Å². The second-order valence-corrected chi connectivity index (χ2v) is 3.96. The molecule has 0 spiro atoms. The normalized spacial score (nSPS) is 9.85. The van der Waals surface area contributed by atoms with E-state index in [0.717, 1.165) is 5.56 Å². The predicted octanol–water partition coefficient (Wildman–Crippen LogP) is 0.0302. The number of nitrogens with two attached hydrogens (primary N) is 2. The predicted molar refractivity (Wildman–Crippen MR) is 76.2 cm³/mol. The summed E-state index contributed by atoms with van der Waals surface area (Å²) in [7, 11) is 0. The van der Waals surface area contributed by atoms with E-state index in [-0.39, 0.29) is 29.7 Å². The van der Waals surface area contributed by atoms with Gasteiger partial charge in [-0.2, -0.15) is 0 Å². The van der Waals surface area contributed by atoms with E-state index in [2.05, 4.69) is 26.2 Å². The summed E-state index contributed by atoms with van der Waals surface area (Å²) in [6, 6.07) is 9.38. The molecule has 104 valence electrons. The van der Waals surface area contributed by atoms with Gasteiger partial charge in [0.05, 0.1) is 6.42 Å². The average molecular weight is 273 g/mol. The Bertz CT molecular complexity index is 588. The summed E-state index contributed by atoms with van der Waals surface area (Å²) in [5.74, 6) is 5.58. The molecule has 7 N–H and O–H groups in total. The lowest BCUT2D eigenvalue weighted by molar-refractivity contribution is -0.119. The smallest absolute Gasteiger partial charge is 0.242 e. The number of carbonyl (C=O) groups excluding carboxylic acids is 1. The lowest BCUT2D eigenvalue weighted by Crippen LogP contribution is -2.31. The molecule has 1 aromatic heterocycles. The minimum absolute atomic E-state index is 0.212. The number of hydrogen-bond acceptors (Lipinski definition) is 7. The van der Waals surface area contributed by atoms with E-state index in [1.54, 1.807) is 0 Å². The zero-order chi connectivity index (χ0) is 14.4. The first kappa shape index (κ1) is 13.6. The molecule has 0 aliphatic carbocycles. The van der Waals surface area contributed by atoms with Gasteiger partial charge in [-0.1, -0.05) is 30.3 Å². The lowest BCUT2D eigenvalue weighted by atomic mass is 10.1. The van der Waals surface area contributed by atoms with E-state index in [0.29, 0.717) is 0 Å². The van der Waals surface area contributed by atoms with E-state index < -0.39 is 0 Å². The first-order valence-electron chi connectivity index (χ1n) is 5.86. The molecule has 0 aliphatic rings. The van der Waals surface area contributed by atoms with Gasteiger partial charge >= 0.3 is 0 Å². The first-order chi connectivity index (χ1) is 9.70. The number of nitrogens with one attached hydrogen (secondary N) is 3. The Morgan fingerprint density at radius 2 is 1.85 bits per heavy atom. The van der Waals surface area contributed by atoms with Crippen molar-refractivity contribution in [1.29, 1.82) is 0 Å². The van der Waals surface area contributed by atoms with Gasteiger partial charge in [0.15, 0.2) is 11.6 Å². The minimum Gasteiger partial charge on any atom is -0.393 e. The van der Waals surface area contributed by atoms with Crippen LogP contribution in [0, 0.1) is 0 Å². The molecule has 1 aromatic carbocycles. The highest BCUT2D eigenvalue weighted by Crippen LogP contribution is 2.20. The molecule has 20 heavy (non-hydrogen) atoms. The number of nitrogen functional groups attached to an aromatic ring is 2. The Labute approximate surface area is 115 Å². The number of amides is 1. The van der Waals surface area contributed by atoms with Crippen molar-refractivity contribution in [1.82, 2.24) is 15.4 Å². The van der Waals surface area contributed by atoms with Gasteiger partial charge in [0.25, 0.3) is 0 Å². The van der Waals surface area contributed by atoms with E-state index in [9.17, 15) is 4.79 Å². The summed E-state index contributed by atoms with van der Waals surface area (Å²) in [6.45, 7) is 0. The number of rotatable bonds is 5. The highest BCUT2D eigenvalue weighted by molar-refractivity contribution is 5.81. The van der Waals surface area contributed by atoms with E-state index in [1.165, 1.54) is 6.33 Å². The van der Waals surface area contributed by atoms with Crippen LogP contribution in [0.2, 0.25) is 0 Å². The van der Waals surface area contributed by atoms with Crippen LogP contribution < -0.4 is 27.9 Å². The summed E-state index contributed by atoms with van der Waals surface area (Å²) in [4.78, 5) is 19.5. The molecule has 2 rings (SSSR count). The quantitative estimate of drug-likeness (QED) is 0.383. The molecule has 8 nitrogen and oxygen atoms in total. The van der Waals surface area contributed by atoms with Crippen LogP contribution in [-0.4, -0.2) is 15.9 Å². The molecule has 0 atom stereocenters. The SMILES string of the molecule is NNc1ncnc(NNC(=O)Cc2ccccc2)c1N. The fraction of sp³-hybridized carbons (Fsp3) is 0.0833. The number of carbonyl (C=O) groups is 1. The third-order valence-corrected chi connectivity index (χ3v) is 2.55. The second-order valence-electron chi connectivity index (χ2n) is 3.96. The summed E-state index contributed by atoms with van der Waals surface area (Å²) in [6.07, 6.45) is 1.53. The molecule has 2 aromatic rings. The molecular weight excluding hydrogens is 258 g/mol. The number of hydrazine groups is 2. The molecule has 0 saturated heterocycles. The van der Waals surface area contributed by atoms with Crippen LogP contribution in [0.25, 0.3) is 0 Å². The van der Waals surface area contributed by atoms with Crippen LogP contribution in [0.15, 0.2) is 36.7 Å². The molecular formula is C12H15N7O. The van der Waals surface area contributed by atoms with Crippen molar-refractivity contribution in [3.8, 4) is 0 Å². The van der Waals surface area contributed by atoms with E-state index >= 15 is 0 Å². The fourth-order valence-electron chi connectivity index (χ4n) is 1.56. The van der Waals surface area contributed by atoms with Gasteiger partial charge in [-0.3, -0.25) is 15.6 Å². The number of aromatic nitrogens is 2. The van der Waals surface area contributed by atoms with Crippen LogP contribution in [0.4, 0.5) is 17.3 Å². The maximum Gasteiger partial charge on any atom is 0.242 e. The van der Waals surface area contributed by atoms with Crippen molar-refractivity contribution in [2.24, 2.45) is 5.84 Å². The van der Waals surface area contributed by atoms with Gasteiger partial charge in [-0.15, -0.1) is 0 Å². The van der Waals surface area contributed by atoms with E-state index in [4.69, 9.17) is 11.6 Å². The first-order valence-corrected chi connectivity index (χ1v) is 5.86. The Morgan fingerprint density at radius 1 is 1.15 bits per heavy atom. The van der Waals surface area contributed by atoms with Crippen molar-refractivity contribution in [2.75, 3.05) is 16.6 Å². The molecule has 1 amide bonds. The Kier molecular flexibility index (Phi) is 4.30. The number of nitrogens with zero attached hydrogens (tertiary/aromatic N) is 2. The van der Waals surface area contributed by atoms with Crippen LogP contribution in [0.3, 0.4) is 0 Å². The zero-order valence-electron chi connectivity index (χ0n) is 10.6. The third kappa shape index (κ3) is 3.33. The van der Waals surface area contributed by atoms with Crippen LogP contribution in [0.5, 0.6) is 0 Å². The largest absolute Gasteiger partial charge is 0.393 e. The molecule has 0 radical (unpaired) electrons. The van der Waals surface area contributed by atoms with Gasteiger partial charge in [0.2, 0.25) is 5.91 Å². The van der Waals surface area contributed by atoms with Crippen molar-refractivity contribution in [3.63, 3.8) is 0 Å². The average Bonchev–Trinajstić information content (AvgIpc) is 2.47. The molecule has 1 heterocycles. The standard InChI is InChI=1S/C12H15N7O/c13-10-11(17-14)15-7-16-12(10)19-18-9(20)6-8-4-2-1-3-5-8/h1-5,7H,6,13-14H2,(H,18,20)(H2,15,16,17,19). The third-order valence-electron chi connectivity index (χ3n) is 2.55. The Morgan fingerprint density at radius 3 is 2.55 bits per heavy atom. The van der Waals surface area contributed by atoms with Crippen molar-refractivity contribution >= 4 is 23.2 Å². The maximum absolute atomic E-state index is 11.8. The summed E-state index contributed by atoms with van der Waals surface area (Å²) < 4.78 is 0. The highest BCUT2D eigenvalue weighted by Gasteiger charge is 2.08. The minimum atomic E-state index is -0.212. The van der Waals surface area contributed by atoms with Crippen LogP contribution in [-0.2, 0) is 11.2 Å². The number of anilines is 3. The van der Waals surface area contributed by atoms with Crippen molar-refractivity contribution in [2.45, 2.75) is 6.42 Å². The topological polar surface area (TPSA) is 131 Å². The lowest BCUT2D eigenvalue weighted by Gasteiger charge is -2.11. The zero-order valence-corrected chi connectivity index (χ0v) is 10.6. The molecule has 0 aliphatic heterocycles. The molecule has 0 bridgehead atoms. The summed E-state index contributed by atoms with van der Waals surface area (Å²) >= 11 is 0. The van der Waals surface area contributed by atoms with Crippen molar-refractivity contribution < 1.29 is 4.79 Å². The van der Waals surface area contributed by atoms with Gasteiger partial charge < -0.3 is 11.2 Å².